The van der Waals surface area contributed by atoms with E-state index in [2.05, 4.69) is 24.0 Å². The highest BCUT2D eigenvalue weighted by Gasteiger charge is 2.62. The van der Waals surface area contributed by atoms with E-state index in [9.17, 15) is 9.90 Å². The number of aromatic nitrogens is 1. The predicted molar refractivity (Wildman–Crippen MR) is 95.6 cm³/mol. The molecule has 2 fully saturated rings. The largest absolute Gasteiger partial charge is 0.503 e. The minimum atomic E-state index is -0.255. The number of aromatic hydroxyl groups is 1. The van der Waals surface area contributed by atoms with Gasteiger partial charge in [-0.05, 0) is 54.5 Å². The number of nitrogens with zero attached hydrogens (tertiary/aromatic N) is 2. The average Bonchev–Trinajstić information content (AvgIpc) is 3.17. The molecule has 0 radical (unpaired) electrons. The van der Waals surface area contributed by atoms with Gasteiger partial charge in [0.05, 0.1) is 11.1 Å². The van der Waals surface area contributed by atoms with Crippen LogP contribution in [0.4, 0.5) is 0 Å². The molecule has 1 N–H and O–H groups in total. The van der Waals surface area contributed by atoms with E-state index in [1.54, 1.807) is 6.07 Å². The van der Waals surface area contributed by atoms with Crippen LogP contribution in [0.1, 0.15) is 48.9 Å². The van der Waals surface area contributed by atoms with Crippen molar-refractivity contribution in [3.63, 3.8) is 0 Å². The van der Waals surface area contributed by atoms with Crippen molar-refractivity contribution >= 4 is 0 Å². The molecule has 4 aliphatic rings. The minimum absolute atomic E-state index is 0.0615. The van der Waals surface area contributed by atoms with Crippen molar-refractivity contribution in [1.82, 2.24) is 9.47 Å². The van der Waals surface area contributed by atoms with Crippen molar-refractivity contribution in [2.45, 2.75) is 43.6 Å². The van der Waals surface area contributed by atoms with E-state index in [0.29, 0.717) is 17.9 Å². The third kappa shape index (κ3) is 1.40. The minimum Gasteiger partial charge on any atom is -0.503 e. The van der Waals surface area contributed by atoms with Gasteiger partial charge in [0.25, 0.3) is 5.56 Å². The Morgan fingerprint density at radius 3 is 3.00 bits per heavy atom. The lowest BCUT2D eigenvalue weighted by Gasteiger charge is -2.50. The second-order valence-electron chi connectivity index (χ2n) is 8.23. The van der Waals surface area contributed by atoms with Crippen LogP contribution in [-0.4, -0.2) is 33.7 Å². The molecule has 1 aromatic carbocycles. The second kappa shape index (κ2) is 4.36. The molecule has 4 nitrogen and oxygen atoms in total. The van der Waals surface area contributed by atoms with Crippen LogP contribution >= 0.6 is 0 Å². The fraction of sp³-hybridized carbons (Fsp3) is 0.476. The number of pyridine rings is 1. The molecule has 2 bridgehead atoms. The van der Waals surface area contributed by atoms with Crippen molar-refractivity contribution in [2.75, 3.05) is 13.1 Å². The quantitative estimate of drug-likeness (QED) is 0.872. The standard InChI is InChI=1S/C21H22N2O2/c1-2-12-11-22-8-7-21-15-5-3-4-6-16(15)23-19(21)14(9-17(24)20(23)25)13(12)10-18(21)22/h3-6,9,12-13,18,24H,2,7-8,10-11H2,1H3/t12-,13+,18+,21-/m1/s1. The number of para-hydroxylation sites is 1. The zero-order valence-corrected chi connectivity index (χ0v) is 14.4. The highest BCUT2D eigenvalue weighted by Crippen LogP contribution is 2.61. The summed E-state index contributed by atoms with van der Waals surface area (Å²) in [6, 6.07) is 10.6. The molecule has 0 amide bonds. The number of hydrogen-bond acceptors (Lipinski definition) is 3. The topological polar surface area (TPSA) is 45.5 Å². The molecule has 3 aliphatic heterocycles. The summed E-state index contributed by atoms with van der Waals surface area (Å²) in [5.41, 5.74) is 4.39. The van der Waals surface area contributed by atoms with E-state index >= 15 is 0 Å². The van der Waals surface area contributed by atoms with Gasteiger partial charge in [-0.3, -0.25) is 14.3 Å². The third-order valence-electron chi connectivity index (χ3n) is 7.50. The van der Waals surface area contributed by atoms with Gasteiger partial charge in [0.1, 0.15) is 0 Å². The van der Waals surface area contributed by atoms with Crippen molar-refractivity contribution in [2.24, 2.45) is 5.92 Å². The summed E-state index contributed by atoms with van der Waals surface area (Å²) in [7, 11) is 0. The Morgan fingerprint density at radius 1 is 1.32 bits per heavy atom. The van der Waals surface area contributed by atoms with E-state index in [1.165, 1.54) is 16.8 Å². The van der Waals surface area contributed by atoms with Gasteiger partial charge in [-0.25, -0.2) is 0 Å². The first kappa shape index (κ1) is 14.1. The Morgan fingerprint density at radius 2 is 2.16 bits per heavy atom. The Labute approximate surface area is 146 Å². The molecule has 0 saturated carbocycles. The summed E-state index contributed by atoms with van der Waals surface area (Å²) >= 11 is 0. The number of rotatable bonds is 1. The predicted octanol–water partition coefficient (Wildman–Crippen LogP) is 2.74. The zero-order valence-electron chi connectivity index (χ0n) is 14.4. The van der Waals surface area contributed by atoms with Gasteiger partial charge in [-0.2, -0.15) is 0 Å². The molecule has 0 unspecified atom stereocenters. The summed E-state index contributed by atoms with van der Waals surface area (Å²) in [4.78, 5) is 15.6. The number of benzene rings is 1. The molecule has 1 aliphatic carbocycles. The van der Waals surface area contributed by atoms with Gasteiger partial charge in [-0.15, -0.1) is 0 Å². The van der Waals surface area contributed by atoms with E-state index in [4.69, 9.17) is 0 Å². The van der Waals surface area contributed by atoms with Gasteiger partial charge in [-0.1, -0.05) is 31.5 Å². The molecule has 1 spiro atoms. The lowest BCUT2D eigenvalue weighted by molar-refractivity contribution is 0.0902. The summed E-state index contributed by atoms with van der Waals surface area (Å²) in [5.74, 6) is 0.969. The van der Waals surface area contributed by atoms with Crippen LogP contribution in [0.2, 0.25) is 0 Å². The van der Waals surface area contributed by atoms with E-state index < -0.39 is 0 Å². The highest BCUT2D eigenvalue weighted by molar-refractivity contribution is 5.64. The molecule has 6 rings (SSSR count). The summed E-state index contributed by atoms with van der Waals surface area (Å²) in [6.45, 7) is 4.53. The fourth-order valence-corrected chi connectivity index (χ4v) is 6.53. The summed E-state index contributed by atoms with van der Waals surface area (Å²) in [6.07, 6.45) is 3.37. The Balaban J connectivity index is 1.79. The van der Waals surface area contributed by atoms with Crippen molar-refractivity contribution in [3.8, 4) is 11.4 Å². The molecule has 2 aromatic rings. The average molecular weight is 334 g/mol. The number of hydrogen-bond donors (Lipinski definition) is 1. The maximum absolute atomic E-state index is 12.9. The SMILES string of the molecule is CC[C@@H]1CN2CC[C@]34c5ccccc5-n5c3c(cc(O)c5=O)[C@H]1C[C@H]24. The van der Waals surface area contributed by atoms with Crippen LogP contribution in [0.5, 0.6) is 5.75 Å². The smallest absolute Gasteiger partial charge is 0.297 e. The molecule has 25 heavy (non-hydrogen) atoms. The first-order valence-corrected chi connectivity index (χ1v) is 9.50. The Bertz CT molecular complexity index is 978. The van der Waals surface area contributed by atoms with E-state index in [-0.39, 0.29) is 16.7 Å². The van der Waals surface area contributed by atoms with Gasteiger partial charge >= 0.3 is 0 Å². The van der Waals surface area contributed by atoms with Crippen LogP contribution in [0.3, 0.4) is 0 Å². The first-order valence-electron chi connectivity index (χ1n) is 9.50. The van der Waals surface area contributed by atoms with Crippen molar-refractivity contribution in [1.29, 1.82) is 0 Å². The number of piperidine rings is 1. The maximum atomic E-state index is 12.9. The molecular formula is C21H22N2O2. The third-order valence-corrected chi connectivity index (χ3v) is 7.50. The molecule has 128 valence electrons. The monoisotopic (exact) mass is 334 g/mol. The van der Waals surface area contributed by atoms with Crippen LogP contribution in [0.25, 0.3) is 5.69 Å². The second-order valence-corrected chi connectivity index (χ2v) is 8.23. The van der Waals surface area contributed by atoms with Crippen LogP contribution in [-0.2, 0) is 5.41 Å². The first-order chi connectivity index (χ1) is 12.2. The molecule has 4 heteroatoms. The van der Waals surface area contributed by atoms with Gasteiger partial charge in [0, 0.05) is 18.3 Å². The zero-order chi connectivity index (χ0) is 16.9. The van der Waals surface area contributed by atoms with Crippen LogP contribution < -0.4 is 5.56 Å². The lowest BCUT2D eigenvalue weighted by Crippen LogP contribution is -2.54. The Kier molecular flexibility index (Phi) is 2.47. The van der Waals surface area contributed by atoms with Crippen LogP contribution in [0.15, 0.2) is 35.1 Å². The van der Waals surface area contributed by atoms with Gasteiger partial charge < -0.3 is 5.11 Å². The van der Waals surface area contributed by atoms with Crippen LogP contribution in [0, 0.1) is 5.92 Å². The molecular weight excluding hydrogens is 312 g/mol. The van der Waals surface area contributed by atoms with E-state index in [0.717, 1.165) is 38.0 Å². The van der Waals surface area contributed by atoms with Crippen molar-refractivity contribution in [3.05, 3.63) is 57.5 Å². The molecule has 2 saturated heterocycles. The van der Waals surface area contributed by atoms with E-state index in [1.807, 2.05) is 16.7 Å². The molecule has 4 atom stereocenters. The van der Waals surface area contributed by atoms with Gasteiger partial charge in [0.2, 0.25) is 0 Å². The highest BCUT2D eigenvalue weighted by atomic mass is 16.3. The fourth-order valence-electron chi connectivity index (χ4n) is 6.53. The molecule has 1 aromatic heterocycles. The maximum Gasteiger partial charge on any atom is 0.297 e. The lowest BCUT2D eigenvalue weighted by atomic mass is 9.60. The molecule has 4 heterocycles. The van der Waals surface area contributed by atoms with Crippen molar-refractivity contribution < 1.29 is 5.11 Å². The normalized spacial score (nSPS) is 34.0. The summed E-state index contributed by atoms with van der Waals surface area (Å²) in [5, 5.41) is 10.4. The Hall–Kier alpha value is -2.07. The number of fused-ring (bicyclic) bond motifs is 4. The summed E-state index contributed by atoms with van der Waals surface area (Å²) < 4.78 is 1.85. The van der Waals surface area contributed by atoms with Gasteiger partial charge in [0.15, 0.2) is 5.75 Å².